The molecule has 0 radical (unpaired) electrons. The van der Waals surface area contributed by atoms with Crippen LogP contribution < -0.4 is 5.73 Å². The summed E-state index contributed by atoms with van der Waals surface area (Å²) in [7, 11) is 3.27. The van der Waals surface area contributed by atoms with Gasteiger partial charge in [-0.2, -0.15) is 5.10 Å². The van der Waals surface area contributed by atoms with Gasteiger partial charge in [0.15, 0.2) is 5.82 Å². The van der Waals surface area contributed by atoms with Gasteiger partial charge in [-0.05, 0) is 45.6 Å². The molecule has 0 saturated carbocycles. The normalized spacial score (nSPS) is 17.4. The van der Waals surface area contributed by atoms with E-state index in [4.69, 9.17) is 20.3 Å². The van der Waals surface area contributed by atoms with Crippen molar-refractivity contribution in [3.05, 3.63) is 47.5 Å². The van der Waals surface area contributed by atoms with Crippen molar-refractivity contribution in [1.29, 1.82) is 0 Å². The average Bonchev–Trinajstić information content (AvgIpc) is 3.58. The van der Waals surface area contributed by atoms with Gasteiger partial charge in [0.1, 0.15) is 28.4 Å². The third kappa shape index (κ3) is 5.04. The number of halogens is 2. The van der Waals surface area contributed by atoms with E-state index in [9.17, 15) is 9.18 Å². The maximum atomic E-state index is 15.1. The Morgan fingerprint density at radius 3 is 2.73 bits per heavy atom. The summed E-state index contributed by atoms with van der Waals surface area (Å²) in [6.07, 6.45) is 3.77. The Morgan fingerprint density at radius 2 is 2.00 bits per heavy atom. The van der Waals surface area contributed by atoms with Crippen molar-refractivity contribution in [2.45, 2.75) is 51.3 Å². The highest BCUT2D eigenvalue weighted by atomic mass is 19.1. The fraction of sp³-hybridized carbons (Fsp3) is 0.429. The number of amides is 1. The number of nitrogens with two attached hydrogens (primary N) is 1. The van der Waals surface area contributed by atoms with Crippen LogP contribution in [0.2, 0.25) is 0 Å². The lowest BCUT2D eigenvalue weighted by molar-refractivity contribution is 0.0197. The van der Waals surface area contributed by atoms with Crippen molar-refractivity contribution < 1.29 is 23.0 Å². The monoisotopic (exact) mass is 551 g/mol. The van der Waals surface area contributed by atoms with E-state index in [1.165, 1.54) is 17.0 Å². The summed E-state index contributed by atoms with van der Waals surface area (Å²) in [6, 6.07) is 2.59. The van der Waals surface area contributed by atoms with Gasteiger partial charge < -0.3 is 24.7 Å². The summed E-state index contributed by atoms with van der Waals surface area (Å²) in [5.74, 6) is 3.95. The van der Waals surface area contributed by atoms with E-state index in [0.29, 0.717) is 42.4 Å². The Kier molecular flexibility index (Phi) is 7.10. The lowest BCUT2D eigenvalue weighted by Crippen LogP contribution is -2.40. The number of methoxy groups -OCH3 is 1. The van der Waals surface area contributed by atoms with Crippen LogP contribution in [0.4, 0.5) is 19.4 Å². The van der Waals surface area contributed by atoms with Gasteiger partial charge in [0.05, 0.1) is 34.4 Å². The van der Waals surface area contributed by atoms with E-state index in [2.05, 4.69) is 21.8 Å². The predicted octanol–water partition coefficient (Wildman–Crippen LogP) is 4.17. The highest BCUT2D eigenvalue weighted by Crippen LogP contribution is 2.34. The van der Waals surface area contributed by atoms with E-state index >= 15 is 4.39 Å². The van der Waals surface area contributed by atoms with Gasteiger partial charge in [-0.3, -0.25) is 4.68 Å². The minimum atomic E-state index is -0.845. The van der Waals surface area contributed by atoms with E-state index in [1.54, 1.807) is 36.0 Å². The average molecular weight is 552 g/mol. The van der Waals surface area contributed by atoms with Crippen molar-refractivity contribution in [2.75, 3.05) is 26.0 Å². The number of likely N-dealkylation sites (tertiary alicyclic amines) is 1. The number of hydrogen-bond acceptors (Lipinski definition) is 7. The summed E-state index contributed by atoms with van der Waals surface area (Å²) >= 11 is 0. The van der Waals surface area contributed by atoms with Crippen molar-refractivity contribution in [3.8, 4) is 11.8 Å². The Labute approximate surface area is 230 Å². The second kappa shape index (κ2) is 10.4. The van der Waals surface area contributed by atoms with E-state index in [0.717, 1.165) is 0 Å². The lowest BCUT2D eigenvalue weighted by Gasteiger charge is -2.28. The largest absolute Gasteiger partial charge is 0.444 e. The Hall–Kier alpha value is -4.24. The zero-order valence-electron chi connectivity index (χ0n) is 23.0. The highest BCUT2D eigenvalue weighted by Gasteiger charge is 2.39. The summed E-state index contributed by atoms with van der Waals surface area (Å²) in [4.78, 5) is 22.9. The zero-order valence-corrected chi connectivity index (χ0v) is 23.0. The van der Waals surface area contributed by atoms with Crippen molar-refractivity contribution in [2.24, 2.45) is 7.05 Å². The van der Waals surface area contributed by atoms with Crippen LogP contribution in [-0.2, 0) is 16.5 Å². The van der Waals surface area contributed by atoms with Gasteiger partial charge in [0, 0.05) is 45.6 Å². The molecule has 0 spiro atoms. The fourth-order valence-corrected chi connectivity index (χ4v) is 5.05. The van der Waals surface area contributed by atoms with Crippen LogP contribution in [-0.4, -0.2) is 67.2 Å². The van der Waals surface area contributed by atoms with Crippen LogP contribution >= 0.6 is 0 Å². The van der Waals surface area contributed by atoms with Crippen molar-refractivity contribution in [1.82, 2.24) is 29.2 Å². The van der Waals surface area contributed by atoms with Gasteiger partial charge in [0.25, 0.3) is 0 Å². The first-order chi connectivity index (χ1) is 19.0. The fourth-order valence-electron chi connectivity index (χ4n) is 5.05. The van der Waals surface area contributed by atoms with Crippen LogP contribution in [0, 0.1) is 23.5 Å². The number of fused-ring (bicyclic) bond motifs is 2. The smallest absolute Gasteiger partial charge is 0.410 e. The molecule has 1 fully saturated rings. The maximum absolute atomic E-state index is 15.1. The molecule has 1 saturated heterocycles. The quantitative estimate of drug-likeness (QED) is 0.379. The maximum Gasteiger partial charge on any atom is 0.410 e. The summed E-state index contributed by atoms with van der Waals surface area (Å²) in [5, 5.41) is 5.18. The molecule has 10 nitrogen and oxygen atoms in total. The number of aromatic nitrogens is 5. The molecule has 40 heavy (non-hydrogen) atoms. The molecule has 0 bridgehead atoms. The van der Waals surface area contributed by atoms with Crippen LogP contribution in [0.5, 0.6) is 0 Å². The van der Waals surface area contributed by atoms with Crippen molar-refractivity contribution in [3.63, 3.8) is 0 Å². The molecule has 4 heterocycles. The first kappa shape index (κ1) is 27.3. The molecular weight excluding hydrogens is 520 g/mol. The van der Waals surface area contributed by atoms with Gasteiger partial charge >= 0.3 is 6.09 Å². The van der Waals surface area contributed by atoms with Gasteiger partial charge in [-0.25, -0.2) is 23.5 Å². The molecule has 1 amide bonds. The molecule has 3 aromatic heterocycles. The molecule has 1 unspecified atom stereocenters. The minimum absolute atomic E-state index is 0.0278. The molecule has 4 aromatic rings. The number of carbonyl (C=O) groups is 1. The first-order valence-corrected chi connectivity index (χ1v) is 12.9. The number of ether oxygens (including phenoxy) is 2. The van der Waals surface area contributed by atoms with Crippen LogP contribution in [0.1, 0.15) is 50.9 Å². The molecule has 12 heteroatoms. The molecule has 5 rings (SSSR count). The number of carbonyl (C=O) groups excluding carboxylic acids is 1. The number of rotatable bonds is 4. The third-order valence-corrected chi connectivity index (χ3v) is 6.89. The summed E-state index contributed by atoms with van der Waals surface area (Å²) in [6.45, 7) is 6.28. The van der Waals surface area contributed by atoms with Gasteiger partial charge in [-0.15, -0.1) is 0 Å². The third-order valence-electron chi connectivity index (χ3n) is 6.89. The zero-order chi connectivity index (χ0) is 28.8. The number of nitrogen functional groups attached to an aromatic ring is 1. The number of anilines is 1. The lowest BCUT2D eigenvalue weighted by atomic mass is 10.1. The Morgan fingerprint density at radius 1 is 1.23 bits per heavy atom. The van der Waals surface area contributed by atoms with E-state index in [-0.39, 0.29) is 29.1 Å². The van der Waals surface area contributed by atoms with Gasteiger partial charge in [0.2, 0.25) is 0 Å². The SMILES string of the molecule is COCC[C@H]1CC(n2nc(C#Cc3c(F)cc4c(ncn4C)c3F)c3c(N)nccc32)CN1C(=O)OC(C)(C)C. The standard InChI is InChI=1S/C28H31F2N7O3/c1-28(2,3)40-27(38)36-14-17(12-16(36)9-11-39-5)37-21-8-10-32-26(31)23(21)20(34-37)7-6-18-19(29)13-22-25(24(18)30)33-15-35(22)4/h8,10,13,15-17H,9,11-12,14H2,1-5H3,(H2,31,32)/t16-,17?/m0/s1. The predicted molar refractivity (Wildman–Crippen MR) is 145 cm³/mol. The second-order valence-corrected chi connectivity index (χ2v) is 10.9. The minimum Gasteiger partial charge on any atom is -0.444 e. The Balaban J connectivity index is 1.54. The van der Waals surface area contributed by atoms with Crippen LogP contribution in [0.3, 0.4) is 0 Å². The number of imidazole rings is 1. The van der Waals surface area contributed by atoms with Gasteiger partial charge in [-0.1, -0.05) is 5.92 Å². The molecule has 2 N–H and O–H groups in total. The molecule has 1 aromatic carbocycles. The number of hydrogen-bond donors (Lipinski definition) is 1. The number of nitrogens with zero attached hydrogens (tertiary/aromatic N) is 6. The Bertz CT molecular complexity index is 1660. The number of benzene rings is 1. The number of aryl methyl sites for hydroxylation is 1. The summed E-state index contributed by atoms with van der Waals surface area (Å²) < 4.78 is 44.2. The van der Waals surface area contributed by atoms with Crippen LogP contribution in [0.15, 0.2) is 24.7 Å². The molecule has 1 aliphatic heterocycles. The molecular formula is C28H31F2N7O3. The van der Waals surface area contributed by atoms with E-state index in [1.807, 2.05) is 20.8 Å². The molecule has 210 valence electrons. The van der Waals surface area contributed by atoms with E-state index < -0.39 is 28.9 Å². The number of pyridine rings is 1. The van der Waals surface area contributed by atoms with Crippen LogP contribution in [0.25, 0.3) is 21.9 Å². The molecule has 0 aliphatic carbocycles. The van der Waals surface area contributed by atoms with Crippen molar-refractivity contribution >= 4 is 33.8 Å². The topological polar surface area (TPSA) is 113 Å². The first-order valence-electron chi connectivity index (χ1n) is 12.9. The summed E-state index contributed by atoms with van der Waals surface area (Å²) in [5.41, 5.74) is 6.39. The highest BCUT2D eigenvalue weighted by molar-refractivity contribution is 5.93. The second-order valence-electron chi connectivity index (χ2n) is 10.9. The molecule has 1 aliphatic rings. The molecule has 2 atom stereocenters.